The molecular weight excluding hydrogens is 310 g/mol. The number of aromatic nitrogens is 1. The summed E-state index contributed by atoms with van der Waals surface area (Å²) in [6, 6.07) is 8.78. The number of hydrogen-bond donors (Lipinski definition) is 1. The molecule has 98 valence electrons. The molecule has 0 saturated carbocycles. The Balaban J connectivity index is 2.19. The van der Waals surface area contributed by atoms with Gasteiger partial charge in [0.1, 0.15) is 5.82 Å². The number of pyridine rings is 1. The second kappa shape index (κ2) is 5.79. The van der Waals surface area contributed by atoms with E-state index < -0.39 is 0 Å². The van der Waals surface area contributed by atoms with E-state index >= 15 is 0 Å². The second-order valence-corrected chi connectivity index (χ2v) is 4.86. The van der Waals surface area contributed by atoms with Crippen LogP contribution in [0.3, 0.4) is 0 Å². The number of benzene rings is 1. The van der Waals surface area contributed by atoms with E-state index in [0.29, 0.717) is 17.9 Å². The topological polar surface area (TPSA) is 68.1 Å². The largest absolute Gasteiger partial charge is 0.365 e. The van der Waals surface area contributed by atoms with Gasteiger partial charge in [0, 0.05) is 24.4 Å². The van der Waals surface area contributed by atoms with E-state index in [9.17, 15) is 10.1 Å². The van der Waals surface area contributed by atoms with Gasteiger partial charge in [0.05, 0.1) is 9.40 Å². The summed E-state index contributed by atoms with van der Waals surface area (Å²) >= 11 is 3.39. The van der Waals surface area contributed by atoms with Crippen LogP contribution in [0.5, 0.6) is 0 Å². The summed E-state index contributed by atoms with van der Waals surface area (Å²) in [4.78, 5) is 14.7. The van der Waals surface area contributed by atoms with Crippen LogP contribution in [0.25, 0.3) is 0 Å². The third kappa shape index (κ3) is 3.08. The molecule has 0 aliphatic carbocycles. The lowest BCUT2D eigenvalue weighted by Gasteiger charge is -2.09. The minimum atomic E-state index is -0.366. The Morgan fingerprint density at radius 2 is 2.16 bits per heavy atom. The molecule has 0 atom stereocenters. The molecule has 0 unspecified atom stereocenters. The molecule has 1 heterocycles. The molecule has 2 rings (SSSR count). The van der Waals surface area contributed by atoms with Crippen molar-refractivity contribution in [2.24, 2.45) is 0 Å². The third-order valence-electron chi connectivity index (χ3n) is 2.82. The van der Waals surface area contributed by atoms with E-state index in [1.165, 1.54) is 6.07 Å². The van der Waals surface area contributed by atoms with E-state index in [1.807, 2.05) is 18.2 Å². The first-order valence-electron chi connectivity index (χ1n) is 5.67. The van der Waals surface area contributed by atoms with Crippen molar-refractivity contribution < 1.29 is 4.92 Å². The molecule has 19 heavy (non-hydrogen) atoms. The number of rotatable bonds is 4. The number of nitrogens with one attached hydrogen (secondary N) is 1. The third-order valence-corrected chi connectivity index (χ3v) is 3.46. The van der Waals surface area contributed by atoms with Crippen LogP contribution >= 0.6 is 15.9 Å². The van der Waals surface area contributed by atoms with Crippen LogP contribution in [0.2, 0.25) is 0 Å². The van der Waals surface area contributed by atoms with Crippen molar-refractivity contribution in [3.05, 3.63) is 62.2 Å². The molecule has 0 bridgehead atoms. The van der Waals surface area contributed by atoms with E-state index in [1.54, 1.807) is 19.2 Å². The van der Waals surface area contributed by atoms with E-state index in [-0.39, 0.29) is 10.6 Å². The summed E-state index contributed by atoms with van der Waals surface area (Å²) in [7, 11) is 0. The summed E-state index contributed by atoms with van der Waals surface area (Å²) in [5.41, 5.74) is 1.69. The first-order chi connectivity index (χ1) is 9.09. The molecule has 2 aromatic rings. The van der Waals surface area contributed by atoms with Gasteiger partial charge >= 0.3 is 0 Å². The Hall–Kier alpha value is -1.95. The molecule has 1 aromatic heterocycles. The van der Waals surface area contributed by atoms with Crippen molar-refractivity contribution in [1.82, 2.24) is 4.98 Å². The zero-order valence-electron chi connectivity index (χ0n) is 10.3. The van der Waals surface area contributed by atoms with E-state index in [2.05, 4.69) is 26.2 Å². The Labute approximate surface area is 119 Å². The van der Waals surface area contributed by atoms with Gasteiger partial charge < -0.3 is 5.32 Å². The molecule has 0 aliphatic heterocycles. The van der Waals surface area contributed by atoms with Crippen molar-refractivity contribution in [3.8, 4) is 0 Å². The summed E-state index contributed by atoms with van der Waals surface area (Å²) < 4.78 is 0.859. The van der Waals surface area contributed by atoms with Gasteiger partial charge in [0.2, 0.25) is 0 Å². The van der Waals surface area contributed by atoms with Crippen molar-refractivity contribution in [3.63, 3.8) is 0 Å². The maximum absolute atomic E-state index is 10.9. The lowest BCUT2D eigenvalue weighted by atomic mass is 10.1. The van der Waals surface area contributed by atoms with Crippen LogP contribution in [0, 0.1) is 17.0 Å². The van der Waals surface area contributed by atoms with Gasteiger partial charge in [0.15, 0.2) is 0 Å². The molecule has 0 spiro atoms. The fourth-order valence-corrected chi connectivity index (χ4v) is 2.15. The highest BCUT2D eigenvalue weighted by Gasteiger charge is 2.13. The van der Waals surface area contributed by atoms with Crippen LogP contribution < -0.4 is 5.32 Å². The summed E-state index contributed by atoms with van der Waals surface area (Å²) in [6.45, 7) is 2.24. The van der Waals surface area contributed by atoms with Crippen LogP contribution in [0.4, 0.5) is 11.5 Å². The number of nitrogens with zero attached hydrogens (tertiary/aromatic N) is 2. The van der Waals surface area contributed by atoms with Gasteiger partial charge in [-0.25, -0.2) is 4.98 Å². The zero-order valence-corrected chi connectivity index (χ0v) is 11.8. The molecule has 0 aliphatic rings. The van der Waals surface area contributed by atoms with E-state index in [4.69, 9.17) is 0 Å². The quantitative estimate of drug-likeness (QED) is 0.689. The normalized spacial score (nSPS) is 10.2. The SMILES string of the molecule is Cc1c(CNc2ncccc2Br)cccc1[N+](=O)[O-]. The predicted octanol–water partition coefficient (Wildman–Crippen LogP) is 3.67. The zero-order chi connectivity index (χ0) is 13.8. The molecule has 0 amide bonds. The molecule has 1 aromatic carbocycles. The fraction of sp³-hybridized carbons (Fsp3) is 0.154. The maximum atomic E-state index is 10.9. The van der Waals surface area contributed by atoms with Gasteiger partial charge in [-0.1, -0.05) is 12.1 Å². The highest BCUT2D eigenvalue weighted by Crippen LogP contribution is 2.23. The molecule has 0 fully saturated rings. The van der Waals surface area contributed by atoms with Crippen molar-refractivity contribution in [2.75, 3.05) is 5.32 Å². The van der Waals surface area contributed by atoms with Gasteiger partial charge in [-0.2, -0.15) is 0 Å². The number of nitro groups is 1. The molecular formula is C13H12BrN3O2. The van der Waals surface area contributed by atoms with Gasteiger partial charge in [-0.05, 0) is 40.5 Å². The first-order valence-corrected chi connectivity index (χ1v) is 6.46. The van der Waals surface area contributed by atoms with Gasteiger partial charge in [-0.15, -0.1) is 0 Å². The lowest BCUT2D eigenvalue weighted by molar-refractivity contribution is -0.385. The van der Waals surface area contributed by atoms with Crippen molar-refractivity contribution in [1.29, 1.82) is 0 Å². The average Bonchev–Trinajstić information content (AvgIpc) is 2.39. The smallest absolute Gasteiger partial charge is 0.272 e. The summed E-state index contributed by atoms with van der Waals surface area (Å²) in [6.07, 6.45) is 1.69. The summed E-state index contributed by atoms with van der Waals surface area (Å²) in [5.74, 6) is 0.716. The molecule has 0 saturated heterocycles. The highest BCUT2D eigenvalue weighted by molar-refractivity contribution is 9.10. The fourth-order valence-electron chi connectivity index (χ4n) is 1.75. The highest BCUT2D eigenvalue weighted by atomic mass is 79.9. The molecule has 6 heteroatoms. The second-order valence-electron chi connectivity index (χ2n) is 4.01. The standard InChI is InChI=1S/C13H12BrN3O2/c1-9-10(4-2-6-12(9)17(18)19)8-16-13-11(14)5-3-7-15-13/h2-7H,8H2,1H3,(H,15,16). The van der Waals surface area contributed by atoms with Crippen LogP contribution in [-0.4, -0.2) is 9.91 Å². The minimum absolute atomic E-state index is 0.138. The Morgan fingerprint density at radius 3 is 2.84 bits per heavy atom. The van der Waals surface area contributed by atoms with Gasteiger partial charge in [0.25, 0.3) is 5.69 Å². The number of nitro benzene ring substituents is 1. The molecule has 0 radical (unpaired) electrons. The van der Waals surface area contributed by atoms with Crippen LogP contribution in [-0.2, 0) is 6.54 Å². The lowest BCUT2D eigenvalue weighted by Crippen LogP contribution is -2.04. The minimum Gasteiger partial charge on any atom is -0.365 e. The van der Waals surface area contributed by atoms with Crippen molar-refractivity contribution >= 4 is 27.4 Å². The Kier molecular flexibility index (Phi) is 4.11. The average molecular weight is 322 g/mol. The predicted molar refractivity (Wildman–Crippen MR) is 77.1 cm³/mol. The van der Waals surface area contributed by atoms with Crippen molar-refractivity contribution in [2.45, 2.75) is 13.5 Å². The van der Waals surface area contributed by atoms with Crippen LogP contribution in [0.1, 0.15) is 11.1 Å². The number of anilines is 1. The monoisotopic (exact) mass is 321 g/mol. The van der Waals surface area contributed by atoms with Crippen LogP contribution in [0.15, 0.2) is 41.0 Å². The number of hydrogen-bond acceptors (Lipinski definition) is 4. The number of halogens is 1. The molecule has 1 N–H and O–H groups in total. The summed E-state index contributed by atoms with van der Waals surface area (Å²) in [5, 5.41) is 14.0. The van der Waals surface area contributed by atoms with Gasteiger partial charge in [-0.3, -0.25) is 10.1 Å². The Bertz CT molecular complexity index is 617. The van der Waals surface area contributed by atoms with E-state index in [0.717, 1.165) is 10.0 Å². The Morgan fingerprint density at radius 1 is 1.37 bits per heavy atom. The maximum Gasteiger partial charge on any atom is 0.272 e. The molecule has 5 nitrogen and oxygen atoms in total. The first kappa shape index (κ1) is 13.5.